The molecule has 2 bridgehead atoms. The Morgan fingerprint density at radius 2 is 2.58 bits per heavy atom. The van der Waals surface area contributed by atoms with E-state index in [4.69, 9.17) is 4.74 Å². The number of ether oxygens (including phenoxy) is 2. The van der Waals surface area contributed by atoms with Crippen molar-refractivity contribution in [2.24, 2.45) is 0 Å². The number of hydrogen-bond acceptors (Lipinski definition) is 4. The van der Waals surface area contributed by atoms with Gasteiger partial charge in [-0.25, -0.2) is 4.79 Å². The van der Waals surface area contributed by atoms with Gasteiger partial charge in [-0.05, 0) is 6.08 Å². The fourth-order valence-electron chi connectivity index (χ4n) is 1.68. The van der Waals surface area contributed by atoms with Crippen molar-refractivity contribution < 1.29 is 19.4 Å². The molecule has 66 valence electrons. The van der Waals surface area contributed by atoms with Crippen LogP contribution in [0, 0.1) is 0 Å². The average Bonchev–Trinajstić information content (AvgIpc) is 2.60. The number of rotatable bonds is 1. The molecule has 0 unspecified atom stereocenters. The van der Waals surface area contributed by atoms with E-state index in [0.29, 0.717) is 12.0 Å². The predicted molar refractivity (Wildman–Crippen MR) is 39.4 cm³/mol. The van der Waals surface area contributed by atoms with Crippen molar-refractivity contribution >= 4 is 5.97 Å². The predicted octanol–water partition coefficient (Wildman–Crippen LogP) is -0.382. The minimum absolute atomic E-state index is 0.0981. The van der Waals surface area contributed by atoms with Crippen LogP contribution in [0.3, 0.4) is 0 Å². The summed E-state index contributed by atoms with van der Waals surface area (Å²) in [7, 11) is 1.32. The Morgan fingerprint density at radius 3 is 3.08 bits per heavy atom. The second-order valence-electron chi connectivity index (χ2n) is 3.01. The standard InChI is InChI=1S/C8H10O4/c1-11-8(10)5-2-4-3-6(9)7(5)12-4/h2,4,6-7,9H,3H2,1H3/t4-,6-,7+/m1/s1. The number of aliphatic hydroxyl groups excluding tert-OH is 1. The van der Waals surface area contributed by atoms with Crippen LogP contribution in [0.4, 0.5) is 0 Å². The molecule has 0 saturated carbocycles. The number of carbonyl (C=O) groups excluding carboxylic acids is 1. The number of aliphatic hydroxyl groups is 1. The fourth-order valence-corrected chi connectivity index (χ4v) is 1.68. The van der Waals surface area contributed by atoms with Crippen LogP contribution in [-0.2, 0) is 14.3 Å². The van der Waals surface area contributed by atoms with Gasteiger partial charge in [0.15, 0.2) is 0 Å². The van der Waals surface area contributed by atoms with Gasteiger partial charge in [0.1, 0.15) is 6.10 Å². The highest BCUT2D eigenvalue weighted by Crippen LogP contribution is 2.34. The molecule has 4 heteroatoms. The van der Waals surface area contributed by atoms with E-state index in [2.05, 4.69) is 4.74 Å². The molecule has 0 amide bonds. The number of hydrogen-bond donors (Lipinski definition) is 1. The van der Waals surface area contributed by atoms with E-state index in [-0.39, 0.29) is 6.10 Å². The van der Waals surface area contributed by atoms with Crippen molar-refractivity contribution in [1.29, 1.82) is 0 Å². The summed E-state index contributed by atoms with van der Waals surface area (Å²) in [5, 5.41) is 9.36. The minimum Gasteiger partial charge on any atom is -0.466 e. The van der Waals surface area contributed by atoms with Gasteiger partial charge in [0.2, 0.25) is 0 Å². The number of esters is 1. The molecule has 12 heavy (non-hydrogen) atoms. The lowest BCUT2D eigenvalue weighted by Gasteiger charge is -2.13. The zero-order valence-corrected chi connectivity index (χ0v) is 6.69. The van der Waals surface area contributed by atoms with E-state index in [1.54, 1.807) is 6.08 Å². The maximum atomic E-state index is 11.1. The fraction of sp³-hybridized carbons (Fsp3) is 0.625. The molecule has 2 heterocycles. The number of methoxy groups -OCH3 is 1. The van der Waals surface area contributed by atoms with Gasteiger partial charge >= 0.3 is 5.97 Å². The van der Waals surface area contributed by atoms with E-state index in [0.717, 1.165) is 0 Å². The van der Waals surface area contributed by atoms with Crippen LogP contribution >= 0.6 is 0 Å². The van der Waals surface area contributed by atoms with Gasteiger partial charge in [-0.3, -0.25) is 0 Å². The Kier molecular flexibility index (Phi) is 1.66. The van der Waals surface area contributed by atoms with Gasteiger partial charge in [-0.15, -0.1) is 0 Å². The topological polar surface area (TPSA) is 55.8 Å². The molecule has 3 atom stereocenters. The van der Waals surface area contributed by atoms with E-state index in [1.165, 1.54) is 7.11 Å². The van der Waals surface area contributed by atoms with Crippen molar-refractivity contribution in [3.8, 4) is 0 Å². The Bertz CT molecular complexity index is 245. The summed E-state index contributed by atoms with van der Waals surface area (Å²) < 4.78 is 9.81. The van der Waals surface area contributed by atoms with Crippen molar-refractivity contribution in [2.75, 3.05) is 7.11 Å². The minimum atomic E-state index is -0.547. The quantitative estimate of drug-likeness (QED) is 0.545. The molecule has 0 spiro atoms. The Morgan fingerprint density at radius 1 is 1.83 bits per heavy atom. The zero-order chi connectivity index (χ0) is 8.72. The lowest BCUT2D eigenvalue weighted by atomic mass is 9.97. The number of fused-ring (bicyclic) bond motifs is 2. The van der Waals surface area contributed by atoms with Crippen LogP contribution in [0.25, 0.3) is 0 Å². The smallest absolute Gasteiger partial charge is 0.336 e. The monoisotopic (exact) mass is 170 g/mol. The lowest BCUT2D eigenvalue weighted by Crippen LogP contribution is -2.27. The van der Waals surface area contributed by atoms with Gasteiger partial charge in [0.25, 0.3) is 0 Å². The van der Waals surface area contributed by atoms with Crippen molar-refractivity contribution in [3.05, 3.63) is 11.6 Å². The van der Waals surface area contributed by atoms with Crippen molar-refractivity contribution in [2.45, 2.75) is 24.7 Å². The maximum Gasteiger partial charge on any atom is 0.336 e. The summed E-state index contributed by atoms with van der Waals surface area (Å²) in [6, 6.07) is 0. The van der Waals surface area contributed by atoms with Crippen LogP contribution in [0.1, 0.15) is 6.42 Å². The molecule has 1 fully saturated rings. The molecule has 4 nitrogen and oxygen atoms in total. The average molecular weight is 170 g/mol. The third kappa shape index (κ3) is 0.956. The molecule has 0 radical (unpaired) electrons. The summed E-state index contributed by atoms with van der Waals surface area (Å²) in [6.45, 7) is 0. The maximum absolute atomic E-state index is 11.1. The van der Waals surface area contributed by atoms with Crippen LogP contribution in [0.15, 0.2) is 11.6 Å². The zero-order valence-electron chi connectivity index (χ0n) is 6.69. The molecule has 0 aromatic heterocycles. The summed E-state index contributed by atoms with van der Waals surface area (Å²) in [5.41, 5.74) is 0.459. The molecule has 1 saturated heterocycles. The van der Waals surface area contributed by atoms with E-state index in [9.17, 15) is 9.90 Å². The molecular formula is C8H10O4. The first kappa shape index (κ1) is 7.76. The van der Waals surface area contributed by atoms with Gasteiger partial charge in [0.05, 0.1) is 24.9 Å². The van der Waals surface area contributed by atoms with E-state index >= 15 is 0 Å². The Labute approximate surface area is 69.8 Å². The highest BCUT2D eigenvalue weighted by molar-refractivity contribution is 5.90. The molecule has 2 aliphatic heterocycles. The van der Waals surface area contributed by atoms with E-state index < -0.39 is 18.2 Å². The largest absolute Gasteiger partial charge is 0.466 e. The van der Waals surface area contributed by atoms with Gasteiger partial charge in [-0.2, -0.15) is 0 Å². The third-order valence-electron chi connectivity index (χ3n) is 2.24. The first-order valence-electron chi connectivity index (χ1n) is 3.86. The van der Waals surface area contributed by atoms with Gasteiger partial charge in [0, 0.05) is 6.42 Å². The lowest BCUT2D eigenvalue weighted by molar-refractivity contribution is -0.137. The SMILES string of the molecule is COC(=O)C1=C[C@@H]2C[C@@H](O)[C@H]1O2. The van der Waals surface area contributed by atoms with E-state index in [1.807, 2.05) is 0 Å². The number of carbonyl (C=O) groups is 1. The van der Waals surface area contributed by atoms with Gasteiger partial charge in [-0.1, -0.05) is 0 Å². The summed E-state index contributed by atoms with van der Waals surface area (Å²) in [4.78, 5) is 11.1. The molecular weight excluding hydrogens is 160 g/mol. The van der Waals surface area contributed by atoms with Crippen molar-refractivity contribution in [1.82, 2.24) is 0 Å². The molecule has 0 aromatic carbocycles. The Hall–Kier alpha value is -0.870. The van der Waals surface area contributed by atoms with Crippen LogP contribution in [-0.4, -0.2) is 36.5 Å². The molecule has 0 aliphatic carbocycles. The molecule has 2 aliphatic rings. The summed E-state index contributed by atoms with van der Waals surface area (Å²) in [5.74, 6) is -0.402. The Balaban J connectivity index is 2.19. The second-order valence-corrected chi connectivity index (χ2v) is 3.01. The molecule has 0 aromatic rings. The summed E-state index contributed by atoms with van der Waals surface area (Å²) in [6.07, 6.45) is 1.21. The van der Waals surface area contributed by atoms with Crippen molar-refractivity contribution in [3.63, 3.8) is 0 Å². The highest BCUT2D eigenvalue weighted by Gasteiger charge is 2.44. The second kappa shape index (κ2) is 2.57. The third-order valence-corrected chi connectivity index (χ3v) is 2.24. The summed E-state index contributed by atoms with van der Waals surface area (Å²) >= 11 is 0. The van der Waals surface area contributed by atoms with Crippen LogP contribution in [0.2, 0.25) is 0 Å². The first-order valence-corrected chi connectivity index (χ1v) is 3.86. The molecule has 1 N–H and O–H groups in total. The molecule has 2 rings (SSSR count). The normalized spacial score (nSPS) is 38.2. The van der Waals surface area contributed by atoms with Gasteiger partial charge < -0.3 is 14.6 Å². The first-order chi connectivity index (χ1) is 5.72. The highest BCUT2D eigenvalue weighted by atomic mass is 16.5. The van der Waals surface area contributed by atoms with Crippen LogP contribution < -0.4 is 0 Å². The van der Waals surface area contributed by atoms with Crippen LogP contribution in [0.5, 0.6) is 0 Å².